The van der Waals surface area contributed by atoms with Gasteiger partial charge in [-0.3, -0.25) is 13.9 Å². The third-order valence-corrected chi connectivity index (χ3v) is 7.56. The standard InChI is InChI=1S/C15H16Cl2N6O6S2/c1-22-5-3-18-15(22)31(28,29)19-4-6-23(30(2,26)27)12-10(17)8(16)7-9-11(12)21-14(25)13(24)20-9/h3,5,7,19H,4,6H2,1-2H3,(H,20,24)(H,21,25). The van der Waals surface area contributed by atoms with Crippen LogP contribution >= 0.6 is 23.2 Å². The molecule has 0 bridgehead atoms. The molecule has 0 aliphatic rings. The zero-order valence-electron chi connectivity index (χ0n) is 16.0. The number of nitrogens with one attached hydrogen (secondary N) is 3. The Morgan fingerprint density at radius 3 is 2.39 bits per heavy atom. The van der Waals surface area contributed by atoms with Gasteiger partial charge in [-0.15, -0.1) is 0 Å². The van der Waals surface area contributed by atoms with Crippen LogP contribution in [-0.2, 0) is 27.1 Å². The Labute approximate surface area is 185 Å². The van der Waals surface area contributed by atoms with Crippen molar-refractivity contribution in [2.45, 2.75) is 5.16 Å². The highest BCUT2D eigenvalue weighted by Gasteiger charge is 2.26. The second kappa shape index (κ2) is 8.27. The topological polar surface area (TPSA) is 167 Å². The number of sulfonamides is 2. The lowest BCUT2D eigenvalue weighted by molar-refractivity contribution is 0.563. The molecular weight excluding hydrogens is 495 g/mol. The van der Waals surface area contributed by atoms with Gasteiger partial charge in [-0.05, 0) is 6.07 Å². The van der Waals surface area contributed by atoms with Crippen molar-refractivity contribution in [3.05, 3.63) is 49.2 Å². The molecule has 0 saturated carbocycles. The molecule has 0 atom stereocenters. The molecule has 12 nitrogen and oxygen atoms in total. The molecule has 1 aromatic carbocycles. The Kier molecular flexibility index (Phi) is 6.21. The Morgan fingerprint density at radius 1 is 1.16 bits per heavy atom. The van der Waals surface area contributed by atoms with Gasteiger partial charge in [0.15, 0.2) is 0 Å². The van der Waals surface area contributed by atoms with Crippen molar-refractivity contribution in [3.63, 3.8) is 0 Å². The van der Waals surface area contributed by atoms with Gasteiger partial charge in [-0.2, -0.15) is 0 Å². The maximum Gasteiger partial charge on any atom is 0.314 e. The van der Waals surface area contributed by atoms with Gasteiger partial charge in [0.1, 0.15) is 0 Å². The number of anilines is 1. The van der Waals surface area contributed by atoms with Crippen LogP contribution < -0.4 is 20.1 Å². The first-order valence-electron chi connectivity index (χ1n) is 8.42. The largest absolute Gasteiger partial charge is 0.324 e. The number of hydrogen-bond donors (Lipinski definition) is 3. The first-order valence-corrected chi connectivity index (χ1v) is 12.5. The molecule has 0 radical (unpaired) electrons. The Bertz CT molecular complexity index is 1490. The number of halogens is 2. The fourth-order valence-electron chi connectivity index (χ4n) is 2.82. The van der Waals surface area contributed by atoms with Gasteiger partial charge in [-0.25, -0.2) is 26.5 Å². The monoisotopic (exact) mass is 510 g/mol. The SMILES string of the molecule is Cn1ccnc1S(=O)(=O)NCCN(c1c(Cl)c(Cl)cc2[nH]c(=O)c(=O)[nH]c12)S(C)(=O)=O. The zero-order chi connectivity index (χ0) is 23.1. The Balaban J connectivity index is 2.05. The molecule has 3 N–H and O–H groups in total. The van der Waals surface area contributed by atoms with Gasteiger partial charge >= 0.3 is 11.1 Å². The fraction of sp³-hybridized carbons (Fsp3) is 0.267. The fourth-order valence-corrected chi connectivity index (χ4v) is 5.39. The van der Waals surface area contributed by atoms with Crippen molar-refractivity contribution in [1.82, 2.24) is 24.2 Å². The Hall–Kier alpha value is -2.39. The molecule has 2 heterocycles. The van der Waals surface area contributed by atoms with Crippen molar-refractivity contribution in [2.24, 2.45) is 7.05 Å². The van der Waals surface area contributed by atoms with Gasteiger partial charge in [0.05, 0.1) is 33.0 Å². The lowest BCUT2D eigenvalue weighted by Crippen LogP contribution is -2.39. The molecule has 0 fully saturated rings. The minimum atomic E-state index is -4.03. The van der Waals surface area contributed by atoms with Crippen LogP contribution in [0, 0.1) is 0 Å². The summed E-state index contributed by atoms with van der Waals surface area (Å²) < 4.78 is 54.1. The van der Waals surface area contributed by atoms with Crippen molar-refractivity contribution in [2.75, 3.05) is 23.7 Å². The van der Waals surface area contributed by atoms with E-state index < -0.39 is 37.7 Å². The molecule has 31 heavy (non-hydrogen) atoms. The molecule has 3 aromatic rings. The maximum atomic E-state index is 12.5. The number of fused-ring (bicyclic) bond motifs is 1. The summed E-state index contributed by atoms with van der Waals surface area (Å²) in [6, 6.07) is 1.25. The lowest BCUT2D eigenvalue weighted by Gasteiger charge is -2.25. The molecule has 0 spiro atoms. The number of aromatic nitrogens is 4. The minimum Gasteiger partial charge on any atom is -0.324 e. The number of aryl methyl sites for hydroxylation is 1. The van der Waals surface area contributed by atoms with E-state index in [-0.39, 0.29) is 38.5 Å². The number of hydrogen-bond acceptors (Lipinski definition) is 7. The van der Waals surface area contributed by atoms with Gasteiger partial charge in [0.25, 0.3) is 10.0 Å². The van der Waals surface area contributed by atoms with Crippen LogP contribution in [0.15, 0.2) is 33.2 Å². The lowest BCUT2D eigenvalue weighted by atomic mass is 10.2. The van der Waals surface area contributed by atoms with E-state index in [2.05, 4.69) is 19.7 Å². The summed E-state index contributed by atoms with van der Waals surface area (Å²) in [6.07, 6.45) is 3.60. The molecule has 0 amide bonds. The van der Waals surface area contributed by atoms with E-state index in [0.29, 0.717) is 0 Å². The summed E-state index contributed by atoms with van der Waals surface area (Å²) in [5, 5.41) is -0.560. The normalized spacial score (nSPS) is 12.4. The molecule has 0 unspecified atom stereocenters. The molecule has 2 aromatic heterocycles. The van der Waals surface area contributed by atoms with E-state index in [9.17, 15) is 26.4 Å². The molecule has 168 valence electrons. The van der Waals surface area contributed by atoms with Crippen LogP contribution in [0.25, 0.3) is 11.0 Å². The van der Waals surface area contributed by atoms with E-state index >= 15 is 0 Å². The van der Waals surface area contributed by atoms with Crippen molar-refractivity contribution < 1.29 is 16.8 Å². The summed E-state index contributed by atoms with van der Waals surface area (Å²) in [6.45, 7) is -0.765. The minimum absolute atomic E-state index is 0.0382. The van der Waals surface area contributed by atoms with Crippen molar-refractivity contribution in [3.8, 4) is 0 Å². The molecule has 0 saturated heterocycles. The van der Waals surface area contributed by atoms with Crippen molar-refractivity contribution in [1.29, 1.82) is 0 Å². The third kappa shape index (κ3) is 4.62. The van der Waals surface area contributed by atoms with Crippen LogP contribution in [0.5, 0.6) is 0 Å². The highest BCUT2D eigenvalue weighted by molar-refractivity contribution is 7.92. The highest BCUT2D eigenvalue weighted by Crippen LogP contribution is 2.38. The summed E-state index contributed by atoms with van der Waals surface area (Å²) >= 11 is 12.3. The number of rotatable bonds is 7. The summed E-state index contributed by atoms with van der Waals surface area (Å²) in [7, 11) is -6.57. The average Bonchev–Trinajstić information content (AvgIpc) is 3.09. The van der Waals surface area contributed by atoms with E-state index in [1.807, 2.05) is 0 Å². The quantitative estimate of drug-likeness (QED) is 0.376. The number of benzene rings is 1. The van der Waals surface area contributed by atoms with Crippen molar-refractivity contribution >= 4 is 60.0 Å². The second-order valence-corrected chi connectivity index (χ2v) is 10.8. The predicted molar refractivity (Wildman–Crippen MR) is 116 cm³/mol. The summed E-state index contributed by atoms with van der Waals surface area (Å²) in [5.74, 6) is 0. The number of H-pyrrole nitrogens is 2. The molecule has 0 aliphatic heterocycles. The van der Waals surface area contributed by atoms with Gasteiger partial charge in [0, 0.05) is 32.5 Å². The van der Waals surface area contributed by atoms with E-state index in [1.54, 1.807) is 0 Å². The first-order chi connectivity index (χ1) is 14.3. The smallest absolute Gasteiger partial charge is 0.314 e. The van der Waals surface area contributed by atoms with E-state index in [0.717, 1.165) is 10.6 Å². The third-order valence-electron chi connectivity index (χ3n) is 4.16. The molecule has 3 rings (SSSR count). The first kappa shape index (κ1) is 23.3. The van der Waals surface area contributed by atoms with E-state index in [1.165, 1.54) is 30.1 Å². The van der Waals surface area contributed by atoms with Crippen LogP contribution in [-0.4, -0.2) is 55.7 Å². The van der Waals surface area contributed by atoms with Crippen LogP contribution in [0.4, 0.5) is 5.69 Å². The summed E-state index contributed by atoms with van der Waals surface area (Å²) in [5.41, 5.74) is -2.26. The zero-order valence-corrected chi connectivity index (χ0v) is 19.2. The number of imidazole rings is 1. The molecular formula is C15H16Cl2N6O6S2. The Morgan fingerprint density at radius 2 is 1.81 bits per heavy atom. The summed E-state index contributed by atoms with van der Waals surface area (Å²) in [4.78, 5) is 31.8. The average molecular weight is 511 g/mol. The predicted octanol–water partition coefficient (Wildman–Crippen LogP) is 0.00120. The second-order valence-electron chi connectivity index (χ2n) is 6.41. The van der Waals surface area contributed by atoms with Crippen LogP contribution in [0.3, 0.4) is 0 Å². The highest BCUT2D eigenvalue weighted by atomic mass is 35.5. The van der Waals surface area contributed by atoms with Gasteiger partial charge in [-0.1, -0.05) is 23.2 Å². The molecule has 0 aliphatic carbocycles. The maximum absolute atomic E-state index is 12.5. The van der Waals surface area contributed by atoms with E-state index in [4.69, 9.17) is 23.2 Å². The number of nitrogens with zero attached hydrogens (tertiary/aromatic N) is 3. The van der Waals surface area contributed by atoms with Crippen LogP contribution in [0.1, 0.15) is 0 Å². The van der Waals surface area contributed by atoms with Gasteiger partial charge < -0.3 is 14.5 Å². The van der Waals surface area contributed by atoms with Gasteiger partial charge in [0.2, 0.25) is 15.2 Å². The molecule has 16 heteroatoms. The van der Waals surface area contributed by atoms with Crippen LogP contribution in [0.2, 0.25) is 10.0 Å². The number of aromatic amines is 2.